The Bertz CT molecular complexity index is 1840. The summed E-state index contributed by atoms with van der Waals surface area (Å²) < 4.78 is 68.4. The molecule has 95 heavy (non-hydrogen) atoms. The number of phosphoric ester groups is 2. The molecule has 0 saturated carbocycles. The van der Waals surface area contributed by atoms with Gasteiger partial charge in [-0.25, -0.2) is 9.13 Å². The highest BCUT2D eigenvalue weighted by atomic mass is 31.2. The van der Waals surface area contributed by atoms with Crippen molar-refractivity contribution >= 4 is 39.5 Å². The van der Waals surface area contributed by atoms with Gasteiger partial charge in [0.1, 0.15) is 19.3 Å². The molecule has 564 valence electrons. The number of esters is 4. The molecule has 0 aromatic rings. The maximum Gasteiger partial charge on any atom is 0.472 e. The van der Waals surface area contributed by atoms with E-state index in [0.29, 0.717) is 25.7 Å². The lowest BCUT2D eigenvalue weighted by atomic mass is 9.99. The zero-order chi connectivity index (χ0) is 70.0. The molecule has 0 rings (SSSR count). The lowest BCUT2D eigenvalue weighted by molar-refractivity contribution is -0.161. The van der Waals surface area contributed by atoms with Crippen LogP contribution in [0.4, 0.5) is 0 Å². The van der Waals surface area contributed by atoms with Gasteiger partial charge in [0, 0.05) is 25.7 Å². The summed E-state index contributed by atoms with van der Waals surface area (Å²) in [5.41, 5.74) is 0. The van der Waals surface area contributed by atoms with Crippen molar-refractivity contribution in [2.45, 2.75) is 413 Å². The van der Waals surface area contributed by atoms with Gasteiger partial charge in [-0.3, -0.25) is 37.3 Å². The molecule has 3 unspecified atom stereocenters. The van der Waals surface area contributed by atoms with Crippen LogP contribution >= 0.6 is 15.6 Å². The Labute approximate surface area is 581 Å². The summed E-state index contributed by atoms with van der Waals surface area (Å²) in [5.74, 6) is -0.561. The minimum absolute atomic E-state index is 0.105. The van der Waals surface area contributed by atoms with E-state index < -0.39 is 97.5 Å². The predicted octanol–water partition coefficient (Wildman–Crippen LogP) is 22.3. The maximum atomic E-state index is 13.1. The Morgan fingerprint density at radius 2 is 0.537 bits per heavy atom. The van der Waals surface area contributed by atoms with Crippen molar-refractivity contribution in [2.24, 2.45) is 11.8 Å². The maximum absolute atomic E-state index is 13.1. The lowest BCUT2D eigenvalue weighted by Gasteiger charge is -2.21. The molecular weight excluding hydrogens is 1250 g/mol. The third-order valence-corrected chi connectivity index (χ3v) is 20.0. The van der Waals surface area contributed by atoms with Gasteiger partial charge in [-0.1, -0.05) is 343 Å². The normalized spacial score (nSPS) is 14.3. The number of phosphoric acid groups is 2. The average Bonchev–Trinajstić information content (AvgIpc) is 2.34. The van der Waals surface area contributed by atoms with Crippen LogP contribution in [-0.4, -0.2) is 96.7 Å². The van der Waals surface area contributed by atoms with Gasteiger partial charge in [-0.05, 0) is 37.5 Å². The highest BCUT2D eigenvalue weighted by Gasteiger charge is 2.30. The fraction of sp³-hybridized carbons (Fsp3) is 0.947. The Kier molecular flexibility index (Phi) is 66.5. The van der Waals surface area contributed by atoms with Gasteiger partial charge in [0.25, 0.3) is 0 Å². The van der Waals surface area contributed by atoms with Crippen molar-refractivity contribution in [1.29, 1.82) is 0 Å². The first kappa shape index (κ1) is 93.1. The monoisotopic (exact) mass is 1400 g/mol. The molecule has 0 fully saturated rings. The van der Waals surface area contributed by atoms with E-state index in [0.717, 1.165) is 115 Å². The quantitative estimate of drug-likeness (QED) is 0.0222. The minimum Gasteiger partial charge on any atom is -0.462 e. The van der Waals surface area contributed by atoms with Crippen LogP contribution in [0.25, 0.3) is 0 Å². The largest absolute Gasteiger partial charge is 0.472 e. The van der Waals surface area contributed by atoms with E-state index in [4.69, 9.17) is 37.0 Å². The van der Waals surface area contributed by atoms with Crippen LogP contribution in [0, 0.1) is 11.8 Å². The smallest absolute Gasteiger partial charge is 0.462 e. The molecule has 0 radical (unpaired) electrons. The van der Waals surface area contributed by atoms with E-state index >= 15 is 0 Å². The number of unbranched alkanes of at least 4 members (excludes halogenated alkanes) is 44. The lowest BCUT2D eigenvalue weighted by Crippen LogP contribution is -2.30. The minimum atomic E-state index is -4.96. The van der Waals surface area contributed by atoms with Gasteiger partial charge in [0.2, 0.25) is 0 Å². The van der Waals surface area contributed by atoms with Crippen molar-refractivity contribution in [3.05, 3.63) is 0 Å². The fourth-order valence-corrected chi connectivity index (χ4v) is 13.2. The Morgan fingerprint density at radius 1 is 0.305 bits per heavy atom. The van der Waals surface area contributed by atoms with Crippen LogP contribution in [-0.2, 0) is 65.4 Å². The molecule has 0 aliphatic heterocycles. The van der Waals surface area contributed by atoms with Crippen LogP contribution in [0.2, 0.25) is 0 Å². The van der Waals surface area contributed by atoms with Gasteiger partial charge in [0.15, 0.2) is 12.2 Å². The van der Waals surface area contributed by atoms with Crippen molar-refractivity contribution < 1.29 is 80.2 Å². The second-order valence-electron chi connectivity index (χ2n) is 28.1. The summed E-state index contributed by atoms with van der Waals surface area (Å²) in [4.78, 5) is 72.7. The van der Waals surface area contributed by atoms with Crippen LogP contribution in [0.3, 0.4) is 0 Å². The SMILES string of the molecule is CCCCCCCCCCCCCCCCCCCCCCC(=O)O[C@H](COC(=O)CCCCCCCCCCCCCCCC(C)C)COP(=O)(O)OC[C@@H](O)COP(=O)(O)OC[C@@H](COC(=O)CCCCCCCCC)OC(=O)CCCCCCCCCCC(C)CC. The van der Waals surface area contributed by atoms with E-state index in [1.165, 1.54) is 199 Å². The molecule has 0 spiro atoms. The third-order valence-electron chi connectivity index (χ3n) is 18.1. The van der Waals surface area contributed by atoms with E-state index in [1.807, 2.05) is 0 Å². The van der Waals surface area contributed by atoms with E-state index in [-0.39, 0.29) is 25.7 Å². The average molecular weight is 1400 g/mol. The molecule has 0 amide bonds. The molecule has 3 N–H and O–H groups in total. The van der Waals surface area contributed by atoms with E-state index in [1.54, 1.807) is 0 Å². The summed E-state index contributed by atoms with van der Waals surface area (Å²) in [6.07, 6.45) is 55.7. The molecule has 19 heteroatoms. The van der Waals surface area contributed by atoms with Crippen LogP contribution < -0.4 is 0 Å². The number of hydrogen-bond acceptors (Lipinski definition) is 15. The number of aliphatic hydroxyl groups is 1. The molecule has 0 aromatic carbocycles. The summed E-state index contributed by atoms with van der Waals surface area (Å²) in [6.45, 7) is 9.57. The first-order chi connectivity index (χ1) is 45.9. The summed E-state index contributed by atoms with van der Waals surface area (Å²) in [5, 5.41) is 10.6. The number of carbonyl (C=O) groups is 4. The molecule has 0 heterocycles. The van der Waals surface area contributed by atoms with Gasteiger partial charge in [0.05, 0.1) is 26.4 Å². The standard InChI is InChI=1S/C76H148O17P2/c1-7-10-12-14-16-17-18-19-20-21-22-23-24-25-28-32-35-42-48-54-60-75(80)92-72(65-87-74(79)59-53-47-41-34-31-29-26-27-30-33-39-44-50-56-68(4)5)67-91-95(84,85)89-63-70(77)62-88-94(82,83)90-66-71(64-86-73(78)58-52-46-38-15-13-11-8-2)93-76(81)61-55-49-43-37-36-40-45-51-57-69(6)9-3/h68-72,77H,7-67H2,1-6H3,(H,82,83)(H,84,85)/t69?,70-,71+,72+/m0/s1. The second-order valence-corrected chi connectivity index (χ2v) is 31.0. The second kappa shape index (κ2) is 67.9. The summed E-state index contributed by atoms with van der Waals surface area (Å²) >= 11 is 0. The van der Waals surface area contributed by atoms with Gasteiger partial charge >= 0.3 is 39.5 Å². The number of rotatable bonds is 75. The summed E-state index contributed by atoms with van der Waals surface area (Å²) in [6, 6.07) is 0. The molecular formula is C76H148O17P2. The predicted molar refractivity (Wildman–Crippen MR) is 386 cm³/mol. The Balaban J connectivity index is 5.18. The molecule has 6 atom stereocenters. The Morgan fingerprint density at radius 3 is 0.800 bits per heavy atom. The van der Waals surface area contributed by atoms with Crippen LogP contribution in [0.15, 0.2) is 0 Å². The highest BCUT2D eigenvalue weighted by molar-refractivity contribution is 7.47. The van der Waals surface area contributed by atoms with Gasteiger partial charge in [-0.15, -0.1) is 0 Å². The first-order valence-corrected chi connectivity index (χ1v) is 42.5. The number of hydrogen-bond donors (Lipinski definition) is 3. The zero-order valence-electron chi connectivity index (χ0n) is 62.0. The highest BCUT2D eigenvalue weighted by Crippen LogP contribution is 2.45. The van der Waals surface area contributed by atoms with E-state index in [2.05, 4.69) is 41.5 Å². The number of ether oxygens (including phenoxy) is 4. The van der Waals surface area contributed by atoms with Crippen LogP contribution in [0.5, 0.6) is 0 Å². The first-order valence-electron chi connectivity index (χ1n) is 39.5. The molecule has 0 aliphatic carbocycles. The summed E-state index contributed by atoms with van der Waals surface area (Å²) in [7, 11) is -9.91. The topological polar surface area (TPSA) is 237 Å². The van der Waals surface area contributed by atoms with Crippen molar-refractivity contribution in [3.8, 4) is 0 Å². The third kappa shape index (κ3) is 69.0. The van der Waals surface area contributed by atoms with E-state index in [9.17, 15) is 43.2 Å². The molecule has 0 bridgehead atoms. The van der Waals surface area contributed by atoms with Crippen LogP contribution in [0.1, 0.15) is 395 Å². The van der Waals surface area contributed by atoms with Gasteiger partial charge < -0.3 is 33.8 Å². The fourth-order valence-electron chi connectivity index (χ4n) is 11.6. The van der Waals surface area contributed by atoms with Gasteiger partial charge in [-0.2, -0.15) is 0 Å². The van der Waals surface area contributed by atoms with Crippen molar-refractivity contribution in [2.75, 3.05) is 39.6 Å². The van der Waals surface area contributed by atoms with Crippen molar-refractivity contribution in [1.82, 2.24) is 0 Å². The van der Waals surface area contributed by atoms with Crippen molar-refractivity contribution in [3.63, 3.8) is 0 Å². The molecule has 17 nitrogen and oxygen atoms in total. The number of aliphatic hydroxyl groups excluding tert-OH is 1. The Hall–Kier alpha value is -1.94. The zero-order valence-corrected chi connectivity index (χ0v) is 63.8. The molecule has 0 aliphatic rings. The molecule has 0 aromatic heterocycles. The number of carbonyl (C=O) groups excluding carboxylic acids is 4. The molecule has 0 saturated heterocycles.